The van der Waals surface area contributed by atoms with Gasteiger partial charge in [0, 0.05) is 37.9 Å². The van der Waals surface area contributed by atoms with Gasteiger partial charge in [-0.2, -0.15) is 0 Å². The molecule has 1 N–H and O–H groups in total. The first kappa shape index (κ1) is 16.0. The number of aromatic nitrogens is 2. The summed E-state index contributed by atoms with van der Waals surface area (Å²) in [6.07, 6.45) is 3.91. The van der Waals surface area contributed by atoms with Crippen molar-refractivity contribution in [3.63, 3.8) is 0 Å². The molecule has 0 aliphatic carbocycles. The van der Waals surface area contributed by atoms with Crippen LogP contribution in [0.1, 0.15) is 12.8 Å². The van der Waals surface area contributed by atoms with Gasteiger partial charge < -0.3 is 15.0 Å². The van der Waals surface area contributed by atoms with Crippen LogP contribution in [-0.2, 0) is 9.53 Å². The van der Waals surface area contributed by atoms with Crippen molar-refractivity contribution in [2.24, 2.45) is 5.92 Å². The van der Waals surface area contributed by atoms with E-state index in [1.54, 1.807) is 6.33 Å². The largest absolute Gasteiger partial charge is 0.376 e. The van der Waals surface area contributed by atoms with Crippen molar-refractivity contribution in [1.29, 1.82) is 0 Å². The fourth-order valence-electron chi connectivity index (χ4n) is 3.28. The molecule has 130 valence electrons. The molecule has 6 nitrogen and oxygen atoms in total. The highest BCUT2D eigenvalue weighted by molar-refractivity contribution is 5.82. The van der Waals surface area contributed by atoms with Gasteiger partial charge >= 0.3 is 0 Å². The Kier molecular flexibility index (Phi) is 4.61. The molecule has 0 spiro atoms. The summed E-state index contributed by atoms with van der Waals surface area (Å²) >= 11 is 0. The Hall–Kier alpha value is -2.47. The Labute approximate surface area is 147 Å². The first-order valence-corrected chi connectivity index (χ1v) is 8.81. The predicted octanol–water partition coefficient (Wildman–Crippen LogP) is 1.87. The van der Waals surface area contributed by atoms with Crippen molar-refractivity contribution in [2.45, 2.75) is 18.9 Å². The summed E-state index contributed by atoms with van der Waals surface area (Å²) in [4.78, 5) is 23.0. The molecule has 2 fully saturated rings. The number of anilines is 1. The molecule has 0 saturated carbocycles. The van der Waals surface area contributed by atoms with Gasteiger partial charge in [0.25, 0.3) is 0 Å². The third-order valence-corrected chi connectivity index (χ3v) is 4.83. The van der Waals surface area contributed by atoms with Gasteiger partial charge in [0.2, 0.25) is 5.91 Å². The smallest absolute Gasteiger partial charge is 0.226 e. The van der Waals surface area contributed by atoms with Crippen LogP contribution in [0.4, 0.5) is 5.82 Å². The Morgan fingerprint density at radius 2 is 2.08 bits per heavy atom. The predicted molar refractivity (Wildman–Crippen MR) is 95.2 cm³/mol. The number of hydrogen-bond acceptors (Lipinski definition) is 5. The van der Waals surface area contributed by atoms with Crippen LogP contribution in [-0.4, -0.2) is 48.2 Å². The number of hydrogen-bond donors (Lipinski definition) is 1. The second-order valence-electron chi connectivity index (χ2n) is 6.61. The molecule has 2 aliphatic rings. The molecule has 25 heavy (non-hydrogen) atoms. The van der Waals surface area contributed by atoms with Crippen LogP contribution in [0.25, 0.3) is 11.3 Å². The number of nitrogens with one attached hydrogen (secondary N) is 1. The van der Waals surface area contributed by atoms with Crippen molar-refractivity contribution >= 4 is 11.7 Å². The zero-order chi connectivity index (χ0) is 17.1. The number of benzene rings is 1. The van der Waals surface area contributed by atoms with E-state index < -0.39 is 0 Å². The molecule has 1 aromatic heterocycles. The lowest BCUT2D eigenvalue weighted by molar-refractivity contribution is -0.126. The fourth-order valence-corrected chi connectivity index (χ4v) is 3.28. The van der Waals surface area contributed by atoms with Crippen molar-refractivity contribution in [2.75, 3.05) is 31.1 Å². The lowest BCUT2D eigenvalue weighted by Gasteiger charge is -2.39. The van der Waals surface area contributed by atoms with E-state index in [-0.39, 0.29) is 17.9 Å². The van der Waals surface area contributed by atoms with Gasteiger partial charge in [0.05, 0.1) is 17.7 Å². The van der Waals surface area contributed by atoms with Crippen LogP contribution in [0.3, 0.4) is 0 Å². The summed E-state index contributed by atoms with van der Waals surface area (Å²) in [5.74, 6) is 1.01. The molecule has 4 rings (SSSR count). The van der Waals surface area contributed by atoms with E-state index >= 15 is 0 Å². The van der Waals surface area contributed by atoms with Gasteiger partial charge in [0.15, 0.2) is 0 Å². The third-order valence-electron chi connectivity index (χ3n) is 4.83. The average Bonchev–Trinajstić information content (AvgIpc) is 3.13. The molecule has 1 unspecified atom stereocenters. The number of ether oxygens (including phenoxy) is 1. The van der Waals surface area contributed by atoms with E-state index in [0.29, 0.717) is 19.6 Å². The van der Waals surface area contributed by atoms with Crippen LogP contribution < -0.4 is 10.2 Å². The van der Waals surface area contributed by atoms with Crippen molar-refractivity contribution in [3.05, 3.63) is 42.7 Å². The maximum absolute atomic E-state index is 12.2. The Balaban J connectivity index is 1.32. The van der Waals surface area contributed by atoms with Crippen LogP contribution in [0.15, 0.2) is 42.7 Å². The summed E-state index contributed by atoms with van der Waals surface area (Å²) in [5, 5.41) is 3.01. The minimum atomic E-state index is 0.0246. The van der Waals surface area contributed by atoms with Crippen LogP contribution in [0.5, 0.6) is 0 Å². The van der Waals surface area contributed by atoms with Crippen LogP contribution in [0.2, 0.25) is 0 Å². The van der Waals surface area contributed by atoms with Crippen LogP contribution in [0, 0.1) is 5.92 Å². The van der Waals surface area contributed by atoms with E-state index in [4.69, 9.17) is 4.74 Å². The fraction of sp³-hybridized carbons (Fsp3) is 0.421. The SMILES string of the molecule is O=C(NCC1CCCO1)C1CN(c2cc(-c3ccccc3)ncn2)C1. The van der Waals surface area contributed by atoms with E-state index in [9.17, 15) is 4.79 Å². The molecule has 0 bridgehead atoms. The quantitative estimate of drug-likeness (QED) is 0.901. The Morgan fingerprint density at radius 1 is 1.24 bits per heavy atom. The second-order valence-corrected chi connectivity index (χ2v) is 6.61. The molecule has 3 heterocycles. The van der Waals surface area contributed by atoms with Gasteiger partial charge in [-0.25, -0.2) is 9.97 Å². The molecule has 1 atom stereocenters. The van der Waals surface area contributed by atoms with E-state index in [2.05, 4.69) is 20.2 Å². The second kappa shape index (κ2) is 7.19. The highest BCUT2D eigenvalue weighted by Crippen LogP contribution is 2.26. The van der Waals surface area contributed by atoms with Gasteiger partial charge in [-0.1, -0.05) is 30.3 Å². The monoisotopic (exact) mass is 338 g/mol. The summed E-state index contributed by atoms with van der Waals surface area (Å²) in [6.45, 7) is 2.83. The lowest BCUT2D eigenvalue weighted by atomic mass is 9.99. The van der Waals surface area contributed by atoms with E-state index in [1.165, 1.54) is 0 Å². The molecule has 2 aromatic rings. The lowest BCUT2D eigenvalue weighted by Crippen LogP contribution is -2.54. The first-order chi connectivity index (χ1) is 12.3. The molecule has 0 radical (unpaired) electrons. The molecule has 1 aromatic carbocycles. The van der Waals surface area contributed by atoms with E-state index in [1.807, 2.05) is 36.4 Å². The first-order valence-electron chi connectivity index (χ1n) is 8.81. The molecular formula is C19H22N4O2. The standard InChI is InChI=1S/C19H22N4O2/c24-19(20-10-16-7-4-8-25-16)15-11-23(12-15)18-9-17(21-13-22-18)14-5-2-1-3-6-14/h1-3,5-6,9,13,15-16H,4,7-8,10-12H2,(H,20,24). The summed E-state index contributed by atoms with van der Waals surface area (Å²) in [7, 11) is 0. The molecule has 1 amide bonds. The topological polar surface area (TPSA) is 67.3 Å². The number of nitrogens with zero attached hydrogens (tertiary/aromatic N) is 3. The van der Waals surface area contributed by atoms with Gasteiger partial charge in [0.1, 0.15) is 12.1 Å². The van der Waals surface area contributed by atoms with Crippen LogP contribution >= 0.6 is 0 Å². The molecule has 2 aliphatic heterocycles. The Bertz CT molecular complexity index is 725. The molecular weight excluding hydrogens is 316 g/mol. The zero-order valence-corrected chi connectivity index (χ0v) is 14.1. The number of amides is 1. The average molecular weight is 338 g/mol. The Morgan fingerprint density at radius 3 is 2.84 bits per heavy atom. The maximum atomic E-state index is 12.2. The van der Waals surface area contributed by atoms with Gasteiger partial charge in [-0.05, 0) is 12.8 Å². The maximum Gasteiger partial charge on any atom is 0.226 e. The number of carbonyl (C=O) groups excluding carboxylic acids is 1. The van der Waals surface area contributed by atoms with E-state index in [0.717, 1.165) is 36.5 Å². The molecule has 2 saturated heterocycles. The highest BCUT2D eigenvalue weighted by Gasteiger charge is 2.34. The summed E-state index contributed by atoms with van der Waals surface area (Å²) < 4.78 is 5.54. The normalized spacial score (nSPS) is 20.3. The highest BCUT2D eigenvalue weighted by atomic mass is 16.5. The minimum absolute atomic E-state index is 0.0246. The zero-order valence-electron chi connectivity index (χ0n) is 14.1. The van der Waals surface area contributed by atoms with Crippen molar-refractivity contribution < 1.29 is 9.53 Å². The summed E-state index contributed by atoms with van der Waals surface area (Å²) in [5.41, 5.74) is 1.97. The van der Waals surface area contributed by atoms with Gasteiger partial charge in [-0.3, -0.25) is 4.79 Å². The van der Waals surface area contributed by atoms with Crippen molar-refractivity contribution in [3.8, 4) is 11.3 Å². The third kappa shape index (κ3) is 3.64. The molecule has 6 heteroatoms. The summed E-state index contributed by atoms with van der Waals surface area (Å²) in [6, 6.07) is 12.0. The van der Waals surface area contributed by atoms with Gasteiger partial charge in [-0.15, -0.1) is 0 Å². The number of rotatable bonds is 5. The minimum Gasteiger partial charge on any atom is -0.376 e. The van der Waals surface area contributed by atoms with Crippen molar-refractivity contribution in [1.82, 2.24) is 15.3 Å². The number of carbonyl (C=O) groups is 1.